The lowest BCUT2D eigenvalue weighted by Crippen LogP contribution is -2.37. The molecule has 1 aromatic carbocycles. The molecule has 2 rings (SSSR count). The first kappa shape index (κ1) is 13.5. The van der Waals surface area contributed by atoms with Gasteiger partial charge in [0.25, 0.3) is 0 Å². The van der Waals surface area contributed by atoms with Crippen LogP contribution in [0.3, 0.4) is 0 Å². The molecule has 0 aromatic heterocycles. The molecule has 0 saturated carbocycles. The lowest BCUT2D eigenvalue weighted by molar-refractivity contribution is -0.162. The smallest absolute Gasteiger partial charge is 0.422 e. The number of amides is 1. The topological polar surface area (TPSA) is 49.8 Å². The summed E-state index contributed by atoms with van der Waals surface area (Å²) in [4.78, 5) is 12.7. The van der Waals surface area contributed by atoms with Gasteiger partial charge in [-0.15, -0.1) is 0 Å². The number of ether oxygens (including phenoxy) is 1. The summed E-state index contributed by atoms with van der Waals surface area (Å²) in [6, 6.07) is 4.78. The van der Waals surface area contributed by atoms with Crippen molar-refractivity contribution in [1.82, 2.24) is 4.90 Å². The zero-order valence-corrected chi connectivity index (χ0v) is 9.91. The average molecular weight is 275 g/mol. The van der Waals surface area contributed by atoms with Crippen LogP contribution in [0, 0.1) is 0 Å². The average Bonchev–Trinajstić information content (AvgIpc) is 2.34. The highest BCUT2D eigenvalue weighted by molar-refractivity contribution is 5.68. The van der Waals surface area contributed by atoms with E-state index in [2.05, 4.69) is 4.74 Å². The zero-order chi connectivity index (χ0) is 14.0. The molecule has 0 bridgehead atoms. The number of halogens is 3. The molecule has 19 heavy (non-hydrogen) atoms. The minimum Gasteiger partial charge on any atom is -0.508 e. The molecule has 1 aliphatic heterocycles. The van der Waals surface area contributed by atoms with E-state index < -0.39 is 18.9 Å². The van der Waals surface area contributed by atoms with Gasteiger partial charge in [0.05, 0.1) is 0 Å². The second kappa shape index (κ2) is 4.99. The van der Waals surface area contributed by atoms with E-state index in [-0.39, 0.29) is 12.3 Å². The van der Waals surface area contributed by atoms with E-state index in [1.165, 1.54) is 17.0 Å². The van der Waals surface area contributed by atoms with Crippen LogP contribution in [0.1, 0.15) is 11.1 Å². The highest BCUT2D eigenvalue weighted by Gasteiger charge is 2.31. The van der Waals surface area contributed by atoms with Crippen LogP contribution in [0.15, 0.2) is 18.2 Å². The maximum atomic E-state index is 11.9. The van der Waals surface area contributed by atoms with Crippen LogP contribution < -0.4 is 0 Å². The van der Waals surface area contributed by atoms with Crippen LogP contribution in [-0.2, 0) is 17.7 Å². The van der Waals surface area contributed by atoms with Gasteiger partial charge in [-0.1, -0.05) is 6.07 Å². The molecule has 0 radical (unpaired) electrons. The van der Waals surface area contributed by atoms with Crippen molar-refractivity contribution in [3.05, 3.63) is 29.3 Å². The largest absolute Gasteiger partial charge is 0.508 e. The maximum Gasteiger partial charge on any atom is 0.422 e. The van der Waals surface area contributed by atoms with Crippen LogP contribution >= 0.6 is 0 Å². The molecule has 7 heteroatoms. The van der Waals surface area contributed by atoms with Crippen molar-refractivity contribution in [1.29, 1.82) is 0 Å². The Bertz CT molecular complexity index is 488. The Balaban J connectivity index is 1.99. The lowest BCUT2D eigenvalue weighted by Gasteiger charge is -2.28. The lowest BCUT2D eigenvalue weighted by atomic mass is 10.00. The SMILES string of the molecule is O=C(OCC(F)(F)F)N1CCc2ccc(O)cc2C1. The third-order valence-electron chi connectivity index (χ3n) is 2.82. The molecular weight excluding hydrogens is 263 g/mol. The summed E-state index contributed by atoms with van der Waals surface area (Å²) in [5, 5.41) is 9.34. The zero-order valence-electron chi connectivity index (χ0n) is 9.91. The van der Waals surface area contributed by atoms with Crippen LogP contribution in [0.2, 0.25) is 0 Å². The Morgan fingerprint density at radius 1 is 1.37 bits per heavy atom. The van der Waals surface area contributed by atoms with Gasteiger partial charge >= 0.3 is 12.3 Å². The summed E-state index contributed by atoms with van der Waals surface area (Å²) in [7, 11) is 0. The third-order valence-corrected chi connectivity index (χ3v) is 2.82. The molecule has 1 aliphatic rings. The monoisotopic (exact) mass is 275 g/mol. The number of fused-ring (bicyclic) bond motifs is 1. The van der Waals surface area contributed by atoms with Crippen molar-refractivity contribution in [3.63, 3.8) is 0 Å². The minimum atomic E-state index is -4.53. The molecule has 0 fully saturated rings. The molecule has 1 amide bonds. The number of hydrogen-bond acceptors (Lipinski definition) is 3. The van der Waals surface area contributed by atoms with Gasteiger partial charge < -0.3 is 14.7 Å². The van der Waals surface area contributed by atoms with Gasteiger partial charge in [0.2, 0.25) is 0 Å². The highest BCUT2D eigenvalue weighted by atomic mass is 19.4. The Morgan fingerprint density at radius 3 is 2.79 bits per heavy atom. The van der Waals surface area contributed by atoms with Gasteiger partial charge in [0.15, 0.2) is 6.61 Å². The summed E-state index contributed by atoms with van der Waals surface area (Å²) in [5.41, 5.74) is 1.69. The number of phenols is 1. The molecule has 0 saturated heterocycles. The van der Waals surface area contributed by atoms with Gasteiger partial charge in [-0.25, -0.2) is 4.79 Å². The van der Waals surface area contributed by atoms with Crippen molar-refractivity contribution in [3.8, 4) is 5.75 Å². The maximum absolute atomic E-state index is 11.9. The molecule has 104 valence electrons. The molecule has 0 aliphatic carbocycles. The Labute approximate surface area is 107 Å². The summed E-state index contributed by atoms with van der Waals surface area (Å²) in [6.07, 6.45) is -5.00. The standard InChI is InChI=1S/C12H12F3NO3/c13-12(14,15)7-19-11(18)16-4-3-8-1-2-10(17)5-9(8)6-16/h1-2,5,17H,3-4,6-7H2. The van der Waals surface area contributed by atoms with Gasteiger partial charge in [0.1, 0.15) is 5.75 Å². The first-order valence-corrected chi connectivity index (χ1v) is 5.64. The van der Waals surface area contributed by atoms with Crippen LogP contribution in [-0.4, -0.2) is 35.4 Å². The van der Waals surface area contributed by atoms with Crippen molar-refractivity contribution in [2.24, 2.45) is 0 Å². The summed E-state index contributed by atoms with van der Waals surface area (Å²) in [6.45, 7) is -1.15. The fourth-order valence-electron chi connectivity index (χ4n) is 1.93. The second-order valence-electron chi connectivity index (χ2n) is 4.29. The Morgan fingerprint density at radius 2 is 2.11 bits per heavy atom. The van der Waals surface area contributed by atoms with Crippen LogP contribution in [0.5, 0.6) is 5.75 Å². The van der Waals surface area contributed by atoms with Crippen molar-refractivity contribution >= 4 is 6.09 Å². The number of carbonyl (C=O) groups excluding carboxylic acids is 1. The molecule has 4 nitrogen and oxygen atoms in total. The number of phenolic OH excluding ortho intramolecular Hbond substituents is 1. The number of carbonyl (C=O) groups is 1. The Kier molecular flexibility index (Phi) is 3.55. The van der Waals surface area contributed by atoms with E-state index >= 15 is 0 Å². The van der Waals surface area contributed by atoms with E-state index in [0.29, 0.717) is 13.0 Å². The minimum absolute atomic E-state index is 0.0595. The number of benzene rings is 1. The molecule has 0 atom stereocenters. The van der Waals surface area contributed by atoms with Crippen molar-refractivity contribution in [2.75, 3.05) is 13.2 Å². The van der Waals surface area contributed by atoms with E-state index in [1.54, 1.807) is 6.07 Å². The predicted molar refractivity (Wildman–Crippen MR) is 59.6 cm³/mol. The summed E-state index contributed by atoms with van der Waals surface area (Å²) < 4.78 is 40.0. The third kappa shape index (κ3) is 3.52. The second-order valence-corrected chi connectivity index (χ2v) is 4.29. The fraction of sp³-hybridized carbons (Fsp3) is 0.417. The quantitative estimate of drug-likeness (QED) is 0.856. The van der Waals surface area contributed by atoms with E-state index in [4.69, 9.17) is 0 Å². The highest BCUT2D eigenvalue weighted by Crippen LogP contribution is 2.24. The van der Waals surface area contributed by atoms with E-state index in [0.717, 1.165) is 11.1 Å². The normalized spacial score (nSPS) is 15.0. The molecule has 1 heterocycles. The van der Waals surface area contributed by atoms with E-state index in [9.17, 15) is 23.1 Å². The van der Waals surface area contributed by atoms with Gasteiger partial charge in [0, 0.05) is 13.1 Å². The fourth-order valence-corrected chi connectivity index (χ4v) is 1.93. The van der Waals surface area contributed by atoms with E-state index in [1.807, 2.05) is 0 Å². The van der Waals surface area contributed by atoms with Crippen LogP contribution in [0.4, 0.5) is 18.0 Å². The van der Waals surface area contributed by atoms with Gasteiger partial charge in [-0.05, 0) is 29.7 Å². The molecule has 0 unspecified atom stereocenters. The molecule has 1 aromatic rings. The first-order valence-electron chi connectivity index (χ1n) is 5.64. The molecule has 1 N–H and O–H groups in total. The molecule has 0 spiro atoms. The first-order chi connectivity index (χ1) is 8.85. The van der Waals surface area contributed by atoms with Gasteiger partial charge in [-0.2, -0.15) is 13.2 Å². The predicted octanol–water partition coefficient (Wildman–Crippen LogP) is 2.45. The number of rotatable bonds is 1. The number of alkyl halides is 3. The number of nitrogens with zero attached hydrogens (tertiary/aromatic N) is 1. The molecular formula is C12H12F3NO3. The Hall–Kier alpha value is -1.92. The van der Waals surface area contributed by atoms with Gasteiger partial charge in [-0.3, -0.25) is 0 Å². The number of aromatic hydroxyl groups is 1. The van der Waals surface area contributed by atoms with Crippen molar-refractivity contribution < 1.29 is 27.8 Å². The van der Waals surface area contributed by atoms with Crippen molar-refractivity contribution in [2.45, 2.75) is 19.1 Å². The van der Waals surface area contributed by atoms with Crippen LogP contribution in [0.25, 0.3) is 0 Å². The summed E-state index contributed by atoms with van der Waals surface area (Å²) in [5.74, 6) is 0.0595. The summed E-state index contributed by atoms with van der Waals surface area (Å²) >= 11 is 0. The number of hydrogen-bond donors (Lipinski definition) is 1.